The van der Waals surface area contributed by atoms with Crippen LogP contribution in [0.2, 0.25) is 0 Å². The molecule has 0 rings (SSSR count). The van der Waals surface area contributed by atoms with E-state index in [9.17, 15) is 4.79 Å². The van der Waals surface area contributed by atoms with Gasteiger partial charge in [-0.1, -0.05) is 83.8 Å². The number of carbonyl (C=O) groups is 1. The summed E-state index contributed by atoms with van der Waals surface area (Å²) in [4.78, 5) is 11.6. The van der Waals surface area contributed by atoms with Crippen molar-refractivity contribution >= 4 is 5.97 Å². The highest BCUT2D eigenvalue weighted by Crippen LogP contribution is 2.10. The molecule has 3 nitrogen and oxygen atoms in total. The van der Waals surface area contributed by atoms with E-state index in [1.807, 2.05) is 0 Å². The molecule has 0 N–H and O–H groups in total. The van der Waals surface area contributed by atoms with Crippen molar-refractivity contribution in [3.05, 3.63) is 12.2 Å². The Balaban J connectivity index is 3.19. The van der Waals surface area contributed by atoms with E-state index in [1.165, 1.54) is 70.6 Å². The third kappa shape index (κ3) is 23.2. The molecular weight excluding hydrogens is 348 g/mol. The van der Waals surface area contributed by atoms with Crippen molar-refractivity contribution in [2.75, 3.05) is 19.8 Å². The second-order valence-corrected chi connectivity index (χ2v) is 7.87. The lowest BCUT2D eigenvalue weighted by molar-refractivity contribution is -0.144. The quantitative estimate of drug-likeness (QED) is 0.106. The van der Waals surface area contributed by atoms with Gasteiger partial charge in [0.1, 0.15) is 0 Å². The Kier molecular flexibility index (Phi) is 23.5. The first-order valence-corrected chi connectivity index (χ1v) is 12.2. The summed E-state index contributed by atoms with van der Waals surface area (Å²) >= 11 is 0. The molecule has 0 aliphatic heterocycles. The standard InChI is InChI=1S/C25H48O3/c1-3-5-7-8-9-10-11-12-13-14-15-16-17-18-19-21-25(26)28-24-20-23-27-22-6-4-2/h12-13H,3-11,14-24H2,1-2H3/b13-12+. The largest absolute Gasteiger partial charge is 0.466 e. The van der Waals surface area contributed by atoms with Crippen molar-refractivity contribution in [1.82, 2.24) is 0 Å². The highest BCUT2D eigenvalue weighted by Gasteiger charge is 2.02. The minimum Gasteiger partial charge on any atom is -0.466 e. The molecule has 0 atom stereocenters. The molecule has 0 aromatic heterocycles. The zero-order chi connectivity index (χ0) is 20.5. The average molecular weight is 397 g/mol. The molecule has 0 bridgehead atoms. The van der Waals surface area contributed by atoms with Crippen LogP contribution in [0.1, 0.15) is 123 Å². The van der Waals surface area contributed by atoms with E-state index in [0.29, 0.717) is 19.6 Å². The number of carbonyl (C=O) groups excluding carboxylic acids is 1. The molecule has 0 unspecified atom stereocenters. The number of esters is 1. The number of hydrogen-bond acceptors (Lipinski definition) is 3. The topological polar surface area (TPSA) is 35.5 Å². The number of rotatable bonds is 22. The van der Waals surface area contributed by atoms with Gasteiger partial charge >= 0.3 is 5.97 Å². The molecule has 0 aliphatic rings. The maximum atomic E-state index is 11.6. The SMILES string of the molecule is CCCCCCCC/C=C/CCCCCCCC(=O)OCCCOCCCC. The van der Waals surface area contributed by atoms with Crippen LogP contribution >= 0.6 is 0 Å². The summed E-state index contributed by atoms with van der Waals surface area (Å²) in [5.74, 6) is -0.0498. The number of ether oxygens (including phenoxy) is 2. The fourth-order valence-electron chi connectivity index (χ4n) is 3.11. The Bertz CT molecular complexity index is 339. The normalized spacial score (nSPS) is 11.4. The third-order valence-electron chi connectivity index (χ3n) is 4.98. The zero-order valence-electron chi connectivity index (χ0n) is 19.0. The van der Waals surface area contributed by atoms with Gasteiger partial charge in [0.05, 0.1) is 6.61 Å². The van der Waals surface area contributed by atoms with Crippen molar-refractivity contribution < 1.29 is 14.3 Å². The maximum Gasteiger partial charge on any atom is 0.305 e. The van der Waals surface area contributed by atoms with Gasteiger partial charge in [-0.2, -0.15) is 0 Å². The summed E-state index contributed by atoms with van der Waals surface area (Å²) in [5, 5.41) is 0. The molecular formula is C25H48O3. The van der Waals surface area contributed by atoms with Gasteiger partial charge in [-0.25, -0.2) is 0 Å². The first-order chi connectivity index (χ1) is 13.8. The second-order valence-electron chi connectivity index (χ2n) is 7.87. The predicted octanol–water partition coefficient (Wildman–Crippen LogP) is 7.77. The fourth-order valence-corrected chi connectivity index (χ4v) is 3.11. The van der Waals surface area contributed by atoms with E-state index in [-0.39, 0.29) is 5.97 Å². The summed E-state index contributed by atoms with van der Waals surface area (Å²) in [5.41, 5.74) is 0. The first kappa shape index (κ1) is 27.2. The molecule has 0 radical (unpaired) electrons. The van der Waals surface area contributed by atoms with Crippen LogP contribution in [-0.4, -0.2) is 25.8 Å². The molecule has 166 valence electrons. The number of allylic oxidation sites excluding steroid dienone is 2. The van der Waals surface area contributed by atoms with Crippen LogP contribution in [-0.2, 0) is 14.3 Å². The smallest absolute Gasteiger partial charge is 0.305 e. The van der Waals surface area contributed by atoms with Crippen LogP contribution in [0.3, 0.4) is 0 Å². The molecule has 28 heavy (non-hydrogen) atoms. The van der Waals surface area contributed by atoms with Crippen LogP contribution in [0.15, 0.2) is 12.2 Å². The van der Waals surface area contributed by atoms with E-state index >= 15 is 0 Å². The van der Waals surface area contributed by atoms with E-state index in [1.54, 1.807) is 0 Å². The minimum atomic E-state index is -0.0498. The molecule has 0 aliphatic carbocycles. The van der Waals surface area contributed by atoms with Crippen molar-refractivity contribution in [1.29, 1.82) is 0 Å². The molecule has 0 aromatic rings. The van der Waals surface area contributed by atoms with E-state index in [4.69, 9.17) is 9.47 Å². The molecule has 0 spiro atoms. The summed E-state index contributed by atoms with van der Waals surface area (Å²) < 4.78 is 10.7. The highest BCUT2D eigenvalue weighted by molar-refractivity contribution is 5.69. The minimum absolute atomic E-state index is 0.0498. The van der Waals surface area contributed by atoms with Crippen LogP contribution in [0, 0.1) is 0 Å². The monoisotopic (exact) mass is 396 g/mol. The third-order valence-corrected chi connectivity index (χ3v) is 4.98. The molecule has 3 heteroatoms. The lowest BCUT2D eigenvalue weighted by Crippen LogP contribution is -2.08. The molecule has 0 fully saturated rings. The molecule has 0 aromatic carbocycles. The van der Waals surface area contributed by atoms with Gasteiger partial charge in [0.2, 0.25) is 0 Å². The van der Waals surface area contributed by atoms with E-state index in [2.05, 4.69) is 26.0 Å². The van der Waals surface area contributed by atoms with Crippen molar-refractivity contribution in [3.8, 4) is 0 Å². The number of unbranched alkanes of at least 4 members (excludes halogenated alkanes) is 12. The Labute approximate surface area is 175 Å². The average Bonchev–Trinajstić information content (AvgIpc) is 2.70. The molecule has 0 saturated heterocycles. The van der Waals surface area contributed by atoms with Gasteiger partial charge in [0.25, 0.3) is 0 Å². The van der Waals surface area contributed by atoms with Gasteiger partial charge in [-0.3, -0.25) is 4.79 Å². The van der Waals surface area contributed by atoms with Crippen molar-refractivity contribution in [3.63, 3.8) is 0 Å². The maximum absolute atomic E-state index is 11.6. The van der Waals surface area contributed by atoms with Crippen LogP contribution < -0.4 is 0 Å². The van der Waals surface area contributed by atoms with Gasteiger partial charge in [-0.05, 0) is 38.5 Å². The summed E-state index contributed by atoms with van der Waals surface area (Å²) in [6.07, 6.45) is 25.0. The Hall–Kier alpha value is -0.830. The van der Waals surface area contributed by atoms with Gasteiger partial charge in [0, 0.05) is 26.1 Å². The predicted molar refractivity (Wildman–Crippen MR) is 121 cm³/mol. The van der Waals surface area contributed by atoms with Crippen LogP contribution in [0.5, 0.6) is 0 Å². The lowest BCUT2D eigenvalue weighted by Gasteiger charge is -2.05. The van der Waals surface area contributed by atoms with Gasteiger partial charge < -0.3 is 9.47 Å². The Morgan fingerprint density at radius 1 is 0.607 bits per heavy atom. The second kappa shape index (κ2) is 24.2. The Morgan fingerprint density at radius 2 is 1.14 bits per heavy atom. The Morgan fingerprint density at radius 3 is 1.79 bits per heavy atom. The van der Waals surface area contributed by atoms with Crippen molar-refractivity contribution in [2.24, 2.45) is 0 Å². The molecule has 0 amide bonds. The van der Waals surface area contributed by atoms with Crippen molar-refractivity contribution in [2.45, 2.75) is 123 Å². The van der Waals surface area contributed by atoms with Gasteiger partial charge in [-0.15, -0.1) is 0 Å². The zero-order valence-corrected chi connectivity index (χ0v) is 19.0. The van der Waals surface area contributed by atoms with Crippen LogP contribution in [0.25, 0.3) is 0 Å². The lowest BCUT2D eigenvalue weighted by atomic mass is 10.1. The molecule has 0 saturated carbocycles. The summed E-state index contributed by atoms with van der Waals surface area (Å²) in [7, 11) is 0. The first-order valence-electron chi connectivity index (χ1n) is 12.2. The summed E-state index contributed by atoms with van der Waals surface area (Å²) in [6, 6.07) is 0. The molecule has 0 heterocycles. The fraction of sp³-hybridized carbons (Fsp3) is 0.880. The number of hydrogen-bond donors (Lipinski definition) is 0. The van der Waals surface area contributed by atoms with E-state index in [0.717, 1.165) is 38.7 Å². The summed E-state index contributed by atoms with van der Waals surface area (Å²) in [6.45, 7) is 6.43. The van der Waals surface area contributed by atoms with Crippen LogP contribution in [0.4, 0.5) is 0 Å². The van der Waals surface area contributed by atoms with Gasteiger partial charge in [0.15, 0.2) is 0 Å². The van der Waals surface area contributed by atoms with E-state index < -0.39 is 0 Å². The highest BCUT2D eigenvalue weighted by atomic mass is 16.5.